The molecule has 1 heterocycles. The number of aromatic nitrogens is 1. The predicted molar refractivity (Wildman–Crippen MR) is 90.7 cm³/mol. The summed E-state index contributed by atoms with van der Waals surface area (Å²) in [7, 11) is 0. The topological polar surface area (TPSA) is 62.0 Å². The van der Waals surface area contributed by atoms with Gasteiger partial charge in [-0.3, -0.25) is 9.59 Å². The highest BCUT2D eigenvalue weighted by Crippen LogP contribution is 2.48. The SMILES string of the molecule is Cc1cc(C)c(CNC(=O)C2CC2c2cccc(C(F)(F)F)c2)c(=O)[nH]1. The molecule has 138 valence electrons. The van der Waals surface area contributed by atoms with Gasteiger partial charge in [-0.05, 0) is 49.4 Å². The lowest BCUT2D eigenvalue weighted by atomic mass is 10.1. The number of nitrogens with one attached hydrogen (secondary N) is 2. The number of benzene rings is 1. The second-order valence-electron chi connectivity index (χ2n) is 6.73. The molecule has 2 atom stereocenters. The molecule has 4 nitrogen and oxygen atoms in total. The molecule has 2 aromatic rings. The number of carbonyl (C=O) groups excluding carboxylic acids is 1. The Morgan fingerprint density at radius 1 is 1.27 bits per heavy atom. The molecule has 26 heavy (non-hydrogen) atoms. The van der Waals surface area contributed by atoms with Crippen molar-refractivity contribution in [2.45, 2.75) is 38.9 Å². The Bertz CT molecular complexity index is 902. The number of hydrogen-bond donors (Lipinski definition) is 2. The van der Waals surface area contributed by atoms with Gasteiger partial charge in [0, 0.05) is 23.7 Å². The molecule has 1 saturated carbocycles. The largest absolute Gasteiger partial charge is 0.416 e. The second kappa shape index (κ2) is 6.63. The van der Waals surface area contributed by atoms with Gasteiger partial charge in [0.2, 0.25) is 5.91 Å². The van der Waals surface area contributed by atoms with Gasteiger partial charge in [-0.15, -0.1) is 0 Å². The number of alkyl halides is 3. The van der Waals surface area contributed by atoms with E-state index < -0.39 is 11.7 Å². The molecule has 1 amide bonds. The molecule has 0 bridgehead atoms. The first kappa shape index (κ1) is 18.2. The van der Waals surface area contributed by atoms with E-state index in [0.717, 1.165) is 23.4 Å². The summed E-state index contributed by atoms with van der Waals surface area (Å²) < 4.78 is 38.4. The molecule has 3 rings (SSSR count). The van der Waals surface area contributed by atoms with Crippen molar-refractivity contribution in [3.05, 3.63) is 68.6 Å². The van der Waals surface area contributed by atoms with E-state index in [1.54, 1.807) is 19.9 Å². The number of rotatable bonds is 4. The van der Waals surface area contributed by atoms with Crippen molar-refractivity contribution in [3.63, 3.8) is 0 Å². The van der Waals surface area contributed by atoms with E-state index in [1.807, 2.05) is 6.07 Å². The van der Waals surface area contributed by atoms with Crippen LogP contribution in [0.15, 0.2) is 35.1 Å². The van der Waals surface area contributed by atoms with E-state index in [-0.39, 0.29) is 29.8 Å². The van der Waals surface area contributed by atoms with Gasteiger partial charge in [0.05, 0.1) is 5.56 Å². The number of halogens is 3. The lowest BCUT2D eigenvalue weighted by Gasteiger charge is -2.09. The zero-order chi connectivity index (χ0) is 19.1. The smallest absolute Gasteiger partial charge is 0.352 e. The maximum atomic E-state index is 12.8. The Hall–Kier alpha value is -2.57. The number of aromatic amines is 1. The van der Waals surface area contributed by atoms with Crippen molar-refractivity contribution >= 4 is 5.91 Å². The number of hydrogen-bond acceptors (Lipinski definition) is 2. The average Bonchev–Trinajstić information content (AvgIpc) is 3.33. The zero-order valence-corrected chi connectivity index (χ0v) is 14.4. The van der Waals surface area contributed by atoms with Crippen LogP contribution < -0.4 is 10.9 Å². The zero-order valence-electron chi connectivity index (χ0n) is 14.4. The fourth-order valence-electron chi connectivity index (χ4n) is 3.21. The van der Waals surface area contributed by atoms with Crippen molar-refractivity contribution in [1.82, 2.24) is 10.3 Å². The first-order chi connectivity index (χ1) is 12.2. The Morgan fingerprint density at radius 3 is 2.65 bits per heavy atom. The molecule has 1 aromatic heterocycles. The fourth-order valence-corrected chi connectivity index (χ4v) is 3.21. The van der Waals surface area contributed by atoms with Crippen LogP contribution in [0.4, 0.5) is 13.2 Å². The minimum atomic E-state index is -4.40. The molecule has 0 spiro atoms. The Kier molecular flexibility index (Phi) is 4.64. The van der Waals surface area contributed by atoms with Crippen LogP contribution in [0.25, 0.3) is 0 Å². The van der Waals surface area contributed by atoms with E-state index in [0.29, 0.717) is 17.5 Å². The van der Waals surface area contributed by atoms with Crippen LogP contribution in [0.1, 0.15) is 40.3 Å². The van der Waals surface area contributed by atoms with Gasteiger partial charge in [0.25, 0.3) is 5.56 Å². The highest BCUT2D eigenvalue weighted by molar-refractivity contribution is 5.82. The Labute approximate surface area is 148 Å². The molecule has 2 unspecified atom stereocenters. The van der Waals surface area contributed by atoms with Gasteiger partial charge < -0.3 is 10.3 Å². The molecule has 0 aliphatic heterocycles. The summed E-state index contributed by atoms with van der Waals surface area (Å²) in [5, 5.41) is 2.73. The van der Waals surface area contributed by atoms with Crippen molar-refractivity contribution in [2.75, 3.05) is 0 Å². The summed E-state index contributed by atoms with van der Waals surface area (Å²) in [6, 6.07) is 6.92. The van der Waals surface area contributed by atoms with Gasteiger partial charge in [-0.2, -0.15) is 13.2 Å². The van der Waals surface area contributed by atoms with Gasteiger partial charge in [-0.1, -0.05) is 18.2 Å². The van der Waals surface area contributed by atoms with Gasteiger partial charge in [0.15, 0.2) is 0 Å². The monoisotopic (exact) mass is 364 g/mol. The minimum Gasteiger partial charge on any atom is -0.352 e. The highest BCUT2D eigenvalue weighted by Gasteiger charge is 2.44. The quantitative estimate of drug-likeness (QED) is 0.873. The first-order valence-electron chi connectivity index (χ1n) is 8.31. The van der Waals surface area contributed by atoms with Gasteiger partial charge in [0.1, 0.15) is 0 Å². The first-order valence-corrected chi connectivity index (χ1v) is 8.31. The van der Waals surface area contributed by atoms with Crippen LogP contribution >= 0.6 is 0 Å². The Morgan fingerprint density at radius 2 is 2.00 bits per heavy atom. The molecule has 0 radical (unpaired) electrons. The van der Waals surface area contributed by atoms with Crippen LogP contribution in [0.5, 0.6) is 0 Å². The highest BCUT2D eigenvalue weighted by atomic mass is 19.4. The average molecular weight is 364 g/mol. The standard InChI is InChI=1S/C19H19F3N2O2/c1-10-6-11(2)24-18(26)16(10)9-23-17(25)15-8-14(15)12-4-3-5-13(7-12)19(20,21)22/h3-7,14-15H,8-9H2,1-2H3,(H,23,25)(H,24,26). The molecule has 1 fully saturated rings. The fraction of sp³-hybridized carbons (Fsp3) is 0.368. The normalized spacial score (nSPS) is 19.3. The van der Waals surface area contributed by atoms with Crippen molar-refractivity contribution in [2.24, 2.45) is 5.92 Å². The maximum Gasteiger partial charge on any atom is 0.416 e. The third-order valence-electron chi connectivity index (χ3n) is 4.70. The van der Waals surface area contributed by atoms with Crippen molar-refractivity contribution in [3.8, 4) is 0 Å². The van der Waals surface area contributed by atoms with E-state index >= 15 is 0 Å². The predicted octanol–water partition coefficient (Wildman–Crippen LogP) is 3.43. The summed E-state index contributed by atoms with van der Waals surface area (Å²) in [6.07, 6.45) is -3.89. The van der Waals surface area contributed by atoms with E-state index in [4.69, 9.17) is 0 Å². The second-order valence-corrected chi connectivity index (χ2v) is 6.73. The summed E-state index contributed by atoms with van der Waals surface area (Å²) in [6.45, 7) is 3.68. The molecule has 0 saturated heterocycles. The van der Waals surface area contributed by atoms with Gasteiger partial charge in [-0.25, -0.2) is 0 Å². The summed E-state index contributed by atoms with van der Waals surface area (Å²) >= 11 is 0. The molecule has 7 heteroatoms. The van der Waals surface area contributed by atoms with Crippen LogP contribution in [-0.4, -0.2) is 10.9 Å². The van der Waals surface area contributed by atoms with E-state index in [1.165, 1.54) is 6.07 Å². The molecule has 1 aliphatic carbocycles. The lowest BCUT2D eigenvalue weighted by molar-refractivity contribution is -0.137. The van der Waals surface area contributed by atoms with Crippen molar-refractivity contribution in [1.29, 1.82) is 0 Å². The van der Waals surface area contributed by atoms with E-state index in [2.05, 4.69) is 10.3 Å². The minimum absolute atomic E-state index is 0.103. The Balaban J connectivity index is 1.64. The molecule has 1 aliphatic rings. The maximum absolute atomic E-state index is 12.8. The lowest BCUT2D eigenvalue weighted by Crippen LogP contribution is -2.29. The molecule has 2 N–H and O–H groups in total. The number of pyridine rings is 1. The van der Waals surface area contributed by atoms with Gasteiger partial charge >= 0.3 is 6.18 Å². The summed E-state index contributed by atoms with van der Waals surface area (Å²) in [5.41, 5.74) is 1.59. The van der Waals surface area contributed by atoms with Crippen LogP contribution in [0, 0.1) is 19.8 Å². The van der Waals surface area contributed by atoms with Crippen LogP contribution in [0.2, 0.25) is 0 Å². The summed E-state index contributed by atoms with van der Waals surface area (Å²) in [4.78, 5) is 26.9. The van der Waals surface area contributed by atoms with Crippen molar-refractivity contribution < 1.29 is 18.0 Å². The van der Waals surface area contributed by atoms with Crippen LogP contribution in [-0.2, 0) is 17.5 Å². The number of H-pyrrole nitrogens is 1. The third kappa shape index (κ3) is 3.81. The number of aryl methyl sites for hydroxylation is 2. The molecular formula is C19H19F3N2O2. The van der Waals surface area contributed by atoms with Crippen LogP contribution in [0.3, 0.4) is 0 Å². The molecule has 1 aromatic carbocycles. The summed E-state index contributed by atoms with van der Waals surface area (Å²) in [5.74, 6) is -0.815. The molecular weight excluding hydrogens is 345 g/mol. The number of amides is 1. The number of carbonyl (C=O) groups is 1. The third-order valence-corrected chi connectivity index (χ3v) is 4.70. The van der Waals surface area contributed by atoms with E-state index in [9.17, 15) is 22.8 Å².